The smallest absolute Gasteiger partial charge is 0.261 e. The van der Waals surface area contributed by atoms with E-state index in [4.69, 9.17) is 0 Å². The first-order chi connectivity index (χ1) is 11.5. The minimum atomic E-state index is -0.108. The zero-order valence-corrected chi connectivity index (χ0v) is 14.8. The molecule has 1 aromatic carbocycles. The molecule has 3 aromatic rings. The summed E-state index contributed by atoms with van der Waals surface area (Å²) in [6.07, 6.45) is 0. The number of aryl methyl sites for hydroxylation is 1. The Balaban J connectivity index is 1.93. The number of thiophene rings is 1. The monoisotopic (exact) mass is 343 g/mol. The molecule has 2 aromatic heterocycles. The van der Waals surface area contributed by atoms with Crippen LogP contribution in [0.25, 0.3) is 15.9 Å². The highest BCUT2D eigenvalue weighted by Crippen LogP contribution is 2.30. The van der Waals surface area contributed by atoms with Gasteiger partial charge in [-0.3, -0.25) is 4.79 Å². The minimum absolute atomic E-state index is 0.0184. The normalized spacial score (nSPS) is 13.8. The van der Waals surface area contributed by atoms with Gasteiger partial charge in [-0.05, 0) is 38.0 Å². The summed E-state index contributed by atoms with van der Waals surface area (Å²) in [4.78, 5) is 14.1. The number of fused-ring (bicyclic) bond motifs is 1. The lowest BCUT2D eigenvalue weighted by Crippen LogP contribution is -2.38. The van der Waals surface area contributed by atoms with Crippen molar-refractivity contribution in [1.82, 2.24) is 15.1 Å². The SMILES string of the molecule is Cc1nn(-c2ccccc2)c2sc(C(=O)NC(C)C(C)CO)cc12. The van der Waals surface area contributed by atoms with Crippen LogP contribution < -0.4 is 5.32 Å². The van der Waals surface area contributed by atoms with Crippen LogP contribution in [0.3, 0.4) is 0 Å². The Bertz CT molecular complexity index is 854. The second-order valence-corrected chi connectivity index (χ2v) is 7.11. The van der Waals surface area contributed by atoms with Gasteiger partial charge in [0, 0.05) is 18.0 Å². The highest BCUT2D eigenvalue weighted by Gasteiger charge is 2.20. The van der Waals surface area contributed by atoms with E-state index in [9.17, 15) is 9.90 Å². The maximum atomic E-state index is 12.5. The van der Waals surface area contributed by atoms with Crippen molar-refractivity contribution in [3.8, 4) is 5.69 Å². The molecule has 0 aliphatic heterocycles. The van der Waals surface area contributed by atoms with Gasteiger partial charge in [0.25, 0.3) is 5.91 Å². The van der Waals surface area contributed by atoms with Crippen molar-refractivity contribution in [2.45, 2.75) is 26.8 Å². The topological polar surface area (TPSA) is 67.2 Å². The molecule has 1 amide bonds. The molecule has 5 nitrogen and oxygen atoms in total. The predicted octanol–water partition coefficient (Wildman–Crippen LogP) is 3.14. The van der Waals surface area contributed by atoms with Gasteiger partial charge in [-0.2, -0.15) is 5.10 Å². The first-order valence-corrected chi connectivity index (χ1v) is 8.79. The Hall–Kier alpha value is -2.18. The van der Waals surface area contributed by atoms with Gasteiger partial charge in [-0.1, -0.05) is 25.1 Å². The summed E-state index contributed by atoms with van der Waals surface area (Å²) in [5.41, 5.74) is 1.88. The van der Waals surface area contributed by atoms with Crippen molar-refractivity contribution in [3.63, 3.8) is 0 Å². The van der Waals surface area contributed by atoms with E-state index in [0.717, 1.165) is 21.6 Å². The molecule has 0 aliphatic carbocycles. The maximum absolute atomic E-state index is 12.5. The third-order valence-electron chi connectivity index (χ3n) is 4.27. The molecule has 0 bridgehead atoms. The van der Waals surface area contributed by atoms with Crippen molar-refractivity contribution in [2.24, 2.45) is 5.92 Å². The number of rotatable bonds is 5. The predicted molar refractivity (Wildman–Crippen MR) is 96.9 cm³/mol. The Morgan fingerprint density at radius 3 is 2.71 bits per heavy atom. The van der Waals surface area contributed by atoms with Crippen LogP contribution in [-0.4, -0.2) is 33.4 Å². The van der Waals surface area contributed by atoms with Crippen LogP contribution in [0.1, 0.15) is 29.2 Å². The van der Waals surface area contributed by atoms with Crippen LogP contribution in [0.5, 0.6) is 0 Å². The van der Waals surface area contributed by atoms with Crippen LogP contribution in [0.15, 0.2) is 36.4 Å². The number of carbonyl (C=O) groups is 1. The molecule has 0 radical (unpaired) electrons. The number of aliphatic hydroxyl groups is 1. The molecule has 6 heteroatoms. The van der Waals surface area contributed by atoms with E-state index in [-0.39, 0.29) is 24.5 Å². The molecular weight excluding hydrogens is 322 g/mol. The number of hydrogen-bond donors (Lipinski definition) is 2. The molecule has 0 spiro atoms. The Labute approximate surface area is 144 Å². The molecule has 3 rings (SSSR count). The number of nitrogens with one attached hydrogen (secondary N) is 1. The van der Waals surface area contributed by atoms with Gasteiger partial charge in [0.05, 0.1) is 16.3 Å². The number of amides is 1. The number of para-hydroxylation sites is 1. The Kier molecular flexibility index (Phi) is 4.69. The van der Waals surface area contributed by atoms with Gasteiger partial charge in [-0.15, -0.1) is 11.3 Å². The summed E-state index contributed by atoms with van der Waals surface area (Å²) in [6, 6.07) is 11.7. The molecule has 0 saturated carbocycles. The number of nitrogens with zero attached hydrogens (tertiary/aromatic N) is 2. The Morgan fingerprint density at radius 2 is 2.04 bits per heavy atom. The number of benzene rings is 1. The number of aliphatic hydroxyl groups excluding tert-OH is 1. The molecule has 0 saturated heterocycles. The molecule has 0 aliphatic rings. The summed E-state index contributed by atoms with van der Waals surface area (Å²) in [6.45, 7) is 5.82. The van der Waals surface area contributed by atoms with Gasteiger partial charge in [-0.25, -0.2) is 4.68 Å². The van der Waals surface area contributed by atoms with Gasteiger partial charge in [0.1, 0.15) is 4.83 Å². The lowest BCUT2D eigenvalue weighted by molar-refractivity contribution is 0.0920. The third kappa shape index (κ3) is 3.07. The lowest BCUT2D eigenvalue weighted by atomic mass is 10.1. The quantitative estimate of drug-likeness (QED) is 0.748. The van der Waals surface area contributed by atoms with E-state index >= 15 is 0 Å². The number of carbonyl (C=O) groups excluding carboxylic acids is 1. The third-order valence-corrected chi connectivity index (χ3v) is 5.38. The second-order valence-electron chi connectivity index (χ2n) is 6.08. The molecule has 0 fully saturated rings. The summed E-state index contributed by atoms with van der Waals surface area (Å²) in [7, 11) is 0. The van der Waals surface area contributed by atoms with E-state index in [1.165, 1.54) is 11.3 Å². The van der Waals surface area contributed by atoms with Crippen molar-refractivity contribution < 1.29 is 9.90 Å². The fourth-order valence-corrected chi connectivity index (χ4v) is 3.57. The zero-order chi connectivity index (χ0) is 17.3. The largest absolute Gasteiger partial charge is 0.396 e. The number of aromatic nitrogens is 2. The summed E-state index contributed by atoms with van der Waals surface area (Å²) >= 11 is 1.43. The average Bonchev–Trinajstić information content (AvgIpc) is 3.15. The van der Waals surface area contributed by atoms with Gasteiger partial charge < -0.3 is 10.4 Å². The van der Waals surface area contributed by atoms with E-state index in [1.807, 2.05) is 61.9 Å². The summed E-state index contributed by atoms with van der Waals surface area (Å²) in [5, 5.41) is 17.7. The van der Waals surface area contributed by atoms with Crippen LogP contribution in [-0.2, 0) is 0 Å². The molecule has 2 unspecified atom stereocenters. The first-order valence-electron chi connectivity index (χ1n) is 7.97. The van der Waals surface area contributed by atoms with Crippen LogP contribution in [0.2, 0.25) is 0 Å². The summed E-state index contributed by atoms with van der Waals surface area (Å²) in [5.74, 6) is -0.0899. The van der Waals surface area contributed by atoms with E-state index < -0.39 is 0 Å². The molecule has 2 atom stereocenters. The molecule has 2 heterocycles. The van der Waals surface area contributed by atoms with E-state index in [1.54, 1.807) is 0 Å². The molecule has 126 valence electrons. The van der Waals surface area contributed by atoms with Crippen molar-refractivity contribution in [3.05, 3.63) is 47.0 Å². The Morgan fingerprint density at radius 1 is 1.33 bits per heavy atom. The summed E-state index contributed by atoms with van der Waals surface area (Å²) < 4.78 is 1.88. The van der Waals surface area contributed by atoms with Gasteiger partial charge >= 0.3 is 0 Å². The highest BCUT2D eigenvalue weighted by molar-refractivity contribution is 7.20. The molecular formula is C18H21N3O2S. The fraction of sp³-hybridized carbons (Fsp3) is 0.333. The average molecular weight is 343 g/mol. The van der Waals surface area contributed by atoms with E-state index in [2.05, 4.69) is 10.4 Å². The first kappa shape index (κ1) is 16.7. The van der Waals surface area contributed by atoms with Crippen molar-refractivity contribution in [2.75, 3.05) is 6.61 Å². The molecule has 24 heavy (non-hydrogen) atoms. The van der Waals surface area contributed by atoms with Crippen LogP contribution >= 0.6 is 11.3 Å². The standard InChI is InChI=1S/C18H21N3O2S/c1-11(10-22)12(2)19-17(23)16-9-15-13(3)20-21(18(15)24-16)14-7-5-4-6-8-14/h4-9,11-12,22H,10H2,1-3H3,(H,19,23). The van der Waals surface area contributed by atoms with Crippen molar-refractivity contribution >= 4 is 27.5 Å². The molecule has 2 N–H and O–H groups in total. The van der Waals surface area contributed by atoms with Crippen LogP contribution in [0.4, 0.5) is 0 Å². The van der Waals surface area contributed by atoms with Crippen molar-refractivity contribution in [1.29, 1.82) is 0 Å². The second kappa shape index (κ2) is 6.75. The zero-order valence-electron chi connectivity index (χ0n) is 14.0. The highest BCUT2D eigenvalue weighted by atomic mass is 32.1. The minimum Gasteiger partial charge on any atom is -0.396 e. The fourth-order valence-electron chi connectivity index (χ4n) is 2.48. The maximum Gasteiger partial charge on any atom is 0.261 e. The number of hydrogen-bond acceptors (Lipinski definition) is 4. The van der Waals surface area contributed by atoms with E-state index in [0.29, 0.717) is 4.88 Å². The lowest BCUT2D eigenvalue weighted by Gasteiger charge is -2.18. The van der Waals surface area contributed by atoms with Gasteiger partial charge in [0.2, 0.25) is 0 Å². The van der Waals surface area contributed by atoms with Gasteiger partial charge in [0.15, 0.2) is 0 Å². The van der Waals surface area contributed by atoms with Crippen LogP contribution in [0, 0.1) is 12.8 Å².